The van der Waals surface area contributed by atoms with Crippen molar-refractivity contribution in [1.82, 2.24) is 15.2 Å². The molecule has 1 amide bonds. The Morgan fingerprint density at radius 1 is 1.50 bits per heavy atom. The summed E-state index contributed by atoms with van der Waals surface area (Å²) in [5.74, 6) is 0.752. The Kier molecular flexibility index (Phi) is 5.61. The first-order chi connectivity index (χ1) is 10.3. The van der Waals surface area contributed by atoms with Gasteiger partial charge in [0.2, 0.25) is 5.91 Å². The fourth-order valence-electron chi connectivity index (χ4n) is 2.97. The van der Waals surface area contributed by atoms with Gasteiger partial charge in [0, 0.05) is 49.1 Å². The van der Waals surface area contributed by atoms with Crippen molar-refractivity contribution in [3.8, 4) is 0 Å². The fraction of sp³-hybridized carbons (Fsp3) is 0.765. The zero-order valence-corrected chi connectivity index (χ0v) is 15.3. The lowest BCUT2D eigenvalue weighted by Gasteiger charge is -2.38. The third-order valence-electron chi connectivity index (χ3n) is 4.44. The lowest BCUT2D eigenvalue weighted by Crippen LogP contribution is -2.50. The van der Waals surface area contributed by atoms with E-state index in [1.807, 2.05) is 11.1 Å². The molecule has 2 rings (SSSR count). The Hall–Kier alpha value is -0.940. The second kappa shape index (κ2) is 7.09. The number of nitrogens with one attached hydrogen (secondary N) is 1. The molecule has 0 saturated carbocycles. The summed E-state index contributed by atoms with van der Waals surface area (Å²) in [4.78, 5) is 19.4. The van der Waals surface area contributed by atoms with Gasteiger partial charge in [0.1, 0.15) is 0 Å². The molecule has 0 aromatic carbocycles. The van der Waals surface area contributed by atoms with Gasteiger partial charge in [0.25, 0.3) is 0 Å². The Balaban J connectivity index is 1.91. The van der Waals surface area contributed by atoms with Gasteiger partial charge in [0.15, 0.2) is 0 Å². The Morgan fingerprint density at radius 2 is 2.23 bits per heavy atom. The third-order valence-corrected chi connectivity index (χ3v) is 5.86. The maximum atomic E-state index is 11.5. The molecule has 0 spiro atoms. The average Bonchev–Trinajstić information content (AvgIpc) is 2.93. The summed E-state index contributed by atoms with van der Waals surface area (Å²) in [6, 6.07) is 0.501. The third kappa shape index (κ3) is 4.29. The minimum absolute atomic E-state index is 0.127. The second-order valence-electron chi connectivity index (χ2n) is 7.29. The van der Waals surface area contributed by atoms with Crippen molar-refractivity contribution in [3.05, 3.63) is 16.1 Å². The first kappa shape index (κ1) is 17.4. The van der Waals surface area contributed by atoms with Crippen molar-refractivity contribution < 1.29 is 4.79 Å². The quantitative estimate of drug-likeness (QED) is 0.925. The number of thiazole rings is 1. The number of hydrogen-bond acceptors (Lipinski definition) is 4. The van der Waals surface area contributed by atoms with Crippen molar-refractivity contribution >= 4 is 17.2 Å². The van der Waals surface area contributed by atoms with E-state index < -0.39 is 0 Å². The van der Waals surface area contributed by atoms with Gasteiger partial charge in [-0.15, -0.1) is 11.3 Å². The van der Waals surface area contributed by atoms with E-state index in [1.165, 1.54) is 9.88 Å². The highest BCUT2D eigenvalue weighted by Gasteiger charge is 2.29. The lowest BCUT2D eigenvalue weighted by molar-refractivity contribution is -0.131. The monoisotopic (exact) mass is 323 g/mol. The van der Waals surface area contributed by atoms with Crippen LogP contribution in [0.25, 0.3) is 0 Å². The predicted molar refractivity (Wildman–Crippen MR) is 92.1 cm³/mol. The molecule has 22 heavy (non-hydrogen) atoms. The zero-order chi connectivity index (χ0) is 16.3. The number of nitrogens with zero attached hydrogens (tertiary/aromatic N) is 2. The second-order valence-corrected chi connectivity index (χ2v) is 8.41. The summed E-state index contributed by atoms with van der Waals surface area (Å²) in [5.41, 5.74) is 0.127. The van der Waals surface area contributed by atoms with Crippen LogP contribution >= 0.6 is 11.3 Å². The highest BCUT2D eigenvalue weighted by atomic mass is 32.1. The Labute approximate surface area is 138 Å². The van der Waals surface area contributed by atoms with E-state index >= 15 is 0 Å². The molecule has 1 N–H and O–H groups in total. The van der Waals surface area contributed by atoms with Crippen LogP contribution in [0.3, 0.4) is 0 Å². The molecule has 1 aromatic rings. The highest BCUT2D eigenvalue weighted by Crippen LogP contribution is 2.27. The fourth-order valence-corrected chi connectivity index (χ4v) is 3.89. The van der Waals surface area contributed by atoms with Gasteiger partial charge < -0.3 is 10.2 Å². The molecule has 0 bridgehead atoms. The molecule has 0 unspecified atom stereocenters. The van der Waals surface area contributed by atoms with E-state index in [9.17, 15) is 4.79 Å². The summed E-state index contributed by atoms with van der Waals surface area (Å²) < 4.78 is 0. The van der Waals surface area contributed by atoms with Crippen LogP contribution in [-0.4, -0.2) is 34.9 Å². The molecule has 1 aliphatic rings. The molecule has 5 heteroatoms. The van der Waals surface area contributed by atoms with E-state index in [0.717, 1.165) is 32.5 Å². The van der Waals surface area contributed by atoms with Gasteiger partial charge in [-0.3, -0.25) is 4.79 Å². The minimum atomic E-state index is 0.127. The molecule has 124 valence electrons. The Bertz CT molecular complexity index is 506. The number of likely N-dealkylation sites (tertiary alicyclic amines) is 1. The molecular weight excluding hydrogens is 294 g/mol. The van der Waals surface area contributed by atoms with Crippen molar-refractivity contribution in [2.45, 2.75) is 65.5 Å². The number of aromatic nitrogens is 1. The Morgan fingerprint density at radius 3 is 2.77 bits per heavy atom. The maximum Gasteiger partial charge on any atom is 0.219 e. The van der Waals surface area contributed by atoms with E-state index in [4.69, 9.17) is 0 Å². The van der Waals surface area contributed by atoms with Crippen molar-refractivity contribution in [3.63, 3.8) is 0 Å². The van der Waals surface area contributed by atoms with Crippen LogP contribution < -0.4 is 5.32 Å². The van der Waals surface area contributed by atoms with E-state index in [2.05, 4.69) is 38.0 Å². The van der Waals surface area contributed by atoms with Gasteiger partial charge in [-0.25, -0.2) is 4.98 Å². The van der Waals surface area contributed by atoms with E-state index in [0.29, 0.717) is 12.0 Å². The van der Waals surface area contributed by atoms with Gasteiger partial charge in [-0.1, -0.05) is 34.1 Å². The maximum absolute atomic E-state index is 11.5. The molecule has 2 heterocycles. The zero-order valence-electron chi connectivity index (χ0n) is 14.5. The smallest absolute Gasteiger partial charge is 0.219 e. The van der Waals surface area contributed by atoms with E-state index in [1.54, 1.807) is 18.3 Å². The minimum Gasteiger partial charge on any atom is -0.343 e. The van der Waals surface area contributed by atoms with Crippen molar-refractivity contribution in [2.75, 3.05) is 13.1 Å². The molecular formula is C17H29N3OS. The number of carbonyl (C=O) groups excluding carboxylic acids is 1. The van der Waals surface area contributed by atoms with Crippen molar-refractivity contribution in [1.29, 1.82) is 0 Å². The van der Waals surface area contributed by atoms with Crippen LogP contribution in [0.15, 0.2) is 6.20 Å². The molecule has 1 saturated heterocycles. The summed E-state index contributed by atoms with van der Waals surface area (Å²) >= 11 is 1.80. The lowest BCUT2D eigenvalue weighted by atomic mass is 9.90. The largest absolute Gasteiger partial charge is 0.343 e. The van der Waals surface area contributed by atoms with Gasteiger partial charge >= 0.3 is 0 Å². The van der Waals surface area contributed by atoms with Gasteiger partial charge in [0.05, 0.1) is 5.01 Å². The van der Waals surface area contributed by atoms with Crippen LogP contribution in [0.4, 0.5) is 0 Å². The highest BCUT2D eigenvalue weighted by molar-refractivity contribution is 7.11. The number of piperidine rings is 1. The SMILES string of the molecule is CC[C@@H]1CN(C(C)=O)CC[C@H]1NCc1cnc(C(C)(C)C)s1. The van der Waals surface area contributed by atoms with Crippen LogP contribution in [0.5, 0.6) is 0 Å². The molecule has 1 fully saturated rings. The molecule has 1 aromatic heterocycles. The first-order valence-electron chi connectivity index (χ1n) is 8.25. The molecule has 0 aliphatic carbocycles. The summed E-state index contributed by atoms with van der Waals surface area (Å²) in [6.45, 7) is 13.1. The predicted octanol–water partition coefficient (Wildman–Crippen LogP) is 3.18. The van der Waals surface area contributed by atoms with Crippen LogP contribution in [0, 0.1) is 5.92 Å². The summed E-state index contributed by atoms with van der Waals surface area (Å²) in [5, 5.41) is 4.89. The summed E-state index contributed by atoms with van der Waals surface area (Å²) in [7, 11) is 0. The molecule has 2 atom stereocenters. The van der Waals surface area contributed by atoms with E-state index in [-0.39, 0.29) is 11.3 Å². The molecule has 0 radical (unpaired) electrons. The van der Waals surface area contributed by atoms with Crippen LogP contribution in [0.2, 0.25) is 0 Å². The van der Waals surface area contributed by atoms with Crippen LogP contribution in [0.1, 0.15) is 57.3 Å². The number of hydrogen-bond donors (Lipinski definition) is 1. The van der Waals surface area contributed by atoms with Crippen LogP contribution in [-0.2, 0) is 16.8 Å². The average molecular weight is 324 g/mol. The first-order valence-corrected chi connectivity index (χ1v) is 9.07. The molecule has 4 nitrogen and oxygen atoms in total. The number of carbonyl (C=O) groups is 1. The standard InChI is InChI=1S/C17H29N3OS/c1-6-13-11-20(12(2)21)8-7-15(13)18-9-14-10-19-16(22-14)17(3,4)5/h10,13,15,18H,6-9,11H2,1-5H3/t13-,15-/m1/s1. The number of amides is 1. The van der Waals surface area contributed by atoms with Gasteiger partial charge in [-0.2, -0.15) is 0 Å². The normalized spacial score (nSPS) is 22.9. The summed E-state index contributed by atoms with van der Waals surface area (Å²) in [6.07, 6.45) is 4.16. The molecule has 1 aliphatic heterocycles. The van der Waals surface area contributed by atoms with Crippen molar-refractivity contribution in [2.24, 2.45) is 5.92 Å². The van der Waals surface area contributed by atoms with Gasteiger partial charge in [-0.05, 0) is 12.3 Å². The topological polar surface area (TPSA) is 45.2 Å². The number of rotatable bonds is 4.